The minimum Gasteiger partial charge on any atom is -0.483 e. The number of rotatable bonds is 6. The van der Waals surface area contributed by atoms with Gasteiger partial charge in [-0.15, -0.1) is 0 Å². The first-order chi connectivity index (χ1) is 14.4. The summed E-state index contributed by atoms with van der Waals surface area (Å²) in [5.41, 5.74) is 0.351. The molecule has 1 saturated heterocycles. The van der Waals surface area contributed by atoms with Gasteiger partial charge in [-0.1, -0.05) is 48.0 Å². The minimum atomic E-state index is -3.69. The van der Waals surface area contributed by atoms with Gasteiger partial charge in [-0.3, -0.25) is 4.79 Å². The summed E-state index contributed by atoms with van der Waals surface area (Å²) in [6.07, 6.45) is 1.66. The lowest BCUT2D eigenvalue weighted by Gasteiger charge is -2.17. The van der Waals surface area contributed by atoms with E-state index in [1.54, 1.807) is 12.1 Å². The number of hydrogen-bond acceptors (Lipinski definition) is 4. The Labute approximate surface area is 180 Å². The van der Waals surface area contributed by atoms with Crippen molar-refractivity contribution >= 4 is 44.0 Å². The van der Waals surface area contributed by atoms with Crippen LogP contribution in [0.25, 0.3) is 10.8 Å². The summed E-state index contributed by atoms with van der Waals surface area (Å²) < 4.78 is 32.8. The van der Waals surface area contributed by atoms with Gasteiger partial charge in [-0.2, -0.15) is 4.31 Å². The lowest BCUT2D eigenvalue weighted by atomic mass is 10.1. The molecule has 1 N–H and O–H groups in total. The van der Waals surface area contributed by atoms with Crippen molar-refractivity contribution in [2.45, 2.75) is 17.7 Å². The summed E-state index contributed by atoms with van der Waals surface area (Å²) in [6, 6.07) is 17.8. The molecule has 1 amide bonds. The highest BCUT2D eigenvalue weighted by molar-refractivity contribution is 7.89. The molecular weight excluding hydrogens is 424 g/mol. The molecule has 0 atom stereocenters. The highest BCUT2D eigenvalue weighted by atomic mass is 35.5. The van der Waals surface area contributed by atoms with E-state index in [0.717, 1.165) is 23.6 Å². The van der Waals surface area contributed by atoms with E-state index in [0.29, 0.717) is 24.5 Å². The molecule has 0 spiro atoms. The van der Waals surface area contributed by atoms with E-state index in [1.165, 1.54) is 16.4 Å². The second-order valence-corrected chi connectivity index (χ2v) is 9.38. The first-order valence-corrected chi connectivity index (χ1v) is 11.5. The molecule has 0 radical (unpaired) electrons. The molecule has 30 heavy (non-hydrogen) atoms. The Bertz CT molecular complexity index is 1190. The number of nitrogens with zero attached hydrogens (tertiary/aromatic N) is 1. The van der Waals surface area contributed by atoms with Crippen LogP contribution in [0.15, 0.2) is 65.6 Å². The van der Waals surface area contributed by atoms with E-state index in [1.807, 2.05) is 36.4 Å². The van der Waals surface area contributed by atoms with Gasteiger partial charge < -0.3 is 10.1 Å². The number of carbonyl (C=O) groups excluding carboxylic acids is 1. The lowest BCUT2D eigenvalue weighted by molar-refractivity contribution is -0.118. The Morgan fingerprint density at radius 2 is 1.77 bits per heavy atom. The predicted octanol–water partition coefficient (Wildman–Crippen LogP) is 4.30. The van der Waals surface area contributed by atoms with Crippen molar-refractivity contribution < 1.29 is 17.9 Å². The molecule has 3 aromatic carbocycles. The summed E-state index contributed by atoms with van der Waals surface area (Å²) in [4.78, 5) is 12.4. The largest absolute Gasteiger partial charge is 0.483 e. The van der Waals surface area contributed by atoms with Crippen LogP contribution < -0.4 is 10.1 Å². The summed E-state index contributed by atoms with van der Waals surface area (Å²) >= 11 is 6.15. The average Bonchev–Trinajstić information content (AvgIpc) is 3.29. The number of halogens is 1. The molecule has 0 bridgehead atoms. The van der Waals surface area contributed by atoms with E-state index in [-0.39, 0.29) is 16.5 Å². The number of nitrogens with one attached hydrogen (secondary N) is 1. The maximum Gasteiger partial charge on any atom is 0.262 e. The van der Waals surface area contributed by atoms with Crippen LogP contribution in [-0.2, 0) is 14.8 Å². The molecular formula is C22H21ClN2O4S. The number of carbonyl (C=O) groups is 1. The third-order valence-corrected chi connectivity index (χ3v) is 7.39. The molecule has 0 unspecified atom stereocenters. The summed E-state index contributed by atoms with van der Waals surface area (Å²) in [7, 11) is -3.69. The van der Waals surface area contributed by atoms with Crippen LogP contribution in [-0.4, -0.2) is 38.3 Å². The Balaban J connectivity index is 1.47. The zero-order valence-electron chi connectivity index (χ0n) is 16.2. The third-order valence-electron chi connectivity index (χ3n) is 5.01. The van der Waals surface area contributed by atoms with E-state index >= 15 is 0 Å². The van der Waals surface area contributed by atoms with Crippen LogP contribution in [0.5, 0.6) is 5.75 Å². The minimum absolute atomic E-state index is 0.00108. The maximum absolute atomic E-state index is 12.8. The van der Waals surface area contributed by atoms with Crippen LogP contribution >= 0.6 is 11.6 Å². The number of hydrogen-bond donors (Lipinski definition) is 1. The van der Waals surface area contributed by atoms with Gasteiger partial charge in [0.2, 0.25) is 10.0 Å². The maximum atomic E-state index is 12.8. The van der Waals surface area contributed by atoms with E-state index in [9.17, 15) is 13.2 Å². The second kappa shape index (κ2) is 8.63. The van der Waals surface area contributed by atoms with Gasteiger partial charge in [-0.25, -0.2) is 8.42 Å². The smallest absolute Gasteiger partial charge is 0.262 e. The molecule has 156 valence electrons. The number of ether oxygens (including phenoxy) is 1. The topological polar surface area (TPSA) is 75.7 Å². The van der Waals surface area contributed by atoms with Crippen LogP contribution in [0.2, 0.25) is 5.02 Å². The number of fused-ring (bicyclic) bond motifs is 1. The molecule has 0 aromatic heterocycles. The van der Waals surface area contributed by atoms with Gasteiger partial charge in [0.15, 0.2) is 6.61 Å². The summed E-state index contributed by atoms with van der Waals surface area (Å²) in [5.74, 6) is 0.214. The Hall–Kier alpha value is -2.61. The molecule has 0 saturated carbocycles. The van der Waals surface area contributed by atoms with Crippen molar-refractivity contribution in [3.63, 3.8) is 0 Å². The first-order valence-electron chi connectivity index (χ1n) is 9.65. The van der Waals surface area contributed by atoms with Gasteiger partial charge in [0.25, 0.3) is 5.91 Å². The average molecular weight is 445 g/mol. The fraction of sp³-hybridized carbons (Fsp3) is 0.227. The lowest BCUT2D eigenvalue weighted by Crippen LogP contribution is -2.28. The first kappa shape index (κ1) is 20.7. The van der Waals surface area contributed by atoms with Crippen molar-refractivity contribution in [1.29, 1.82) is 0 Å². The molecule has 1 fully saturated rings. The van der Waals surface area contributed by atoms with Crippen LogP contribution in [0, 0.1) is 0 Å². The highest BCUT2D eigenvalue weighted by Gasteiger charge is 2.29. The Morgan fingerprint density at radius 1 is 1.03 bits per heavy atom. The normalized spacial score (nSPS) is 14.7. The van der Waals surface area contributed by atoms with Gasteiger partial charge in [-0.05, 0) is 42.5 Å². The zero-order chi connectivity index (χ0) is 21.1. The van der Waals surface area contributed by atoms with Crippen molar-refractivity contribution in [3.05, 3.63) is 65.7 Å². The van der Waals surface area contributed by atoms with Gasteiger partial charge in [0.05, 0.1) is 5.02 Å². The molecule has 6 nitrogen and oxygen atoms in total. The molecule has 4 rings (SSSR count). The quantitative estimate of drug-likeness (QED) is 0.615. The van der Waals surface area contributed by atoms with Gasteiger partial charge >= 0.3 is 0 Å². The van der Waals surface area contributed by atoms with E-state index in [4.69, 9.17) is 16.3 Å². The standard InChI is InChI=1S/C22H21ClN2O4S/c23-19-11-10-17(14-21(19)30(27,28)25-12-3-4-13-25)24-22(26)15-29-20-9-5-7-16-6-1-2-8-18(16)20/h1-2,5-11,14H,3-4,12-13,15H2,(H,24,26). The predicted molar refractivity (Wildman–Crippen MR) is 118 cm³/mol. The number of anilines is 1. The molecule has 1 aliphatic rings. The van der Waals surface area contributed by atoms with Gasteiger partial charge in [0.1, 0.15) is 10.6 Å². The SMILES string of the molecule is O=C(COc1cccc2ccccc12)Nc1ccc(Cl)c(S(=O)(=O)N2CCCC2)c1. The van der Waals surface area contributed by atoms with Crippen molar-refractivity contribution in [2.75, 3.05) is 25.0 Å². The molecule has 8 heteroatoms. The molecule has 3 aromatic rings. The fourth-order valence-electron chi connectivity index (χ4n) is 3.51. The van der Waals surface area contributed by atoms with E-state index < -0.39 is 15.9 Å². The molecule has 0 aliphatic carbocycles. The van der Waals surface area contributed by atoms with Gasteiger partial charge in [0, 0.05) is 24.2 Å². The highest BCUT2D eigenvalue weighted by Crippen LogP contribution is 2.30. The molecule has 1 aliphatic heterocycles. The van der Waals surface area contributed by atoms with Crippen LogP contribution in [0.1, 0.15) is 12.8 Å². The fourth-order valence-corrected chi connectivity index (χ4v) is 5.53. The van der Waals surface area contributed by atoms with Crippen LogP contribution in [0.4, 0.5) is 5.69 Å². The number of sulfonamides is 1. The van der Waals surface area contributed by atoms with Crippen molar-refractivity contribution in [2.24, 2.45) is 0 Å². The monoisotopic (exact) mass is 444 g/mol. The Morgan fingerprint density at radius 3 is 2.57 bits per heavy atom. The number of amides is 1. The summed E-state index contributed by atoms with van der Waals surface area (Å²) in [6.45, 7) is 0.757. The van der Waals surface area contributed by atoms with Crippen LogP contribution in [0.3, 0.4) is 0 Å². The molecule has 1 heterocycles. The summed E-state index contributed by atoms with van der Waals surface area (Å²) in [5, 5.41) is 4.75. The zero-order valence-corrected chi connectivity index (χ0v) is 17.7. The van der Waals surface area contributed by atoms with Crippen molar-refractivity contribution in [3.8, 4) is 5.75 Å². The van der Waals surface area contributed by atoms with E-state index in [2.05, 4.69) is 5.32 Å². The Kier molecular flexibility index (Phi) is 5.94. The number of benzene rings is 3. The van der Waals surface area contributed by atoms with Crippen molar-refractivity contribution in [1.82, 2.24) is 4.31 Å². The second-order valence-electron chi connectivity index (χ2n) is 7.07. The third kappa shape index (κ3) is 4.28.